The number of hydrogen-bond donors (Lipinski definition) is 1. The van der Waals surface area contributed by atoms with Crippen LogP contribution < -0.4 is 5.73 Å². The highest BCUT2D eigenvalue weighted by Gasteiger charge is 2.27. The summed E-state index contributed by atoms with van der Waals surface area (Å²) in [6.45, 7) is 0.787. The van der Waals surface area contributed by atoms with E-state index in [0.717, 1.165) is 30.0 Å². The van der Waals surface area contributed by atoms with Crippen molar-refractivity contribution in [2.24, 2.45) is 5.92 Å². The van der Waals surface area contributed by atoms with Crippen LogP contribution in [0, 0.1) is 5.92 Å². The Bertz CT molecular complexity index is 648. The van der Waals surface area contributed by atoms with Crippen molar-refractivity contribution in [2.45, 2.75) is 19.4 Å². The Morgan fingerprint density at radius 3 is 3.00 bits per heavy atom. The maximum Gasteiger partial charge on any atom is 0.309 e. The Hall–Kier alpha value is -2.30. The summed E-state index contributed by atoms with van der Waals surface area (Å²) in [5.74, 6) is 0.681. The van der Waals surface area contributed by atoms with Crippen molar-refractivity contribution in [1.82, 2.24) is 9.55 Å². The number of aromatic nitrogens is 2. The molecule has 20 heavy (non-hydrogen) atoms. The molecule has 1 aromatic heterocycles. The van der Waals surface area contributed by atoms with Crippen LogP contribution in [0.3, 0.4) is 0 Å². The number of ether oxygens (including phenoxy) is 1. The van der Waals surface area contributed by atoms with E-state index in [-0.39, 0.29) is 11.9 Å². The van der Waals surface area contributed by atoms with Crippen LogP contribution in [0.5, 0.6) is 0 Å². The Balaban J connectivity index is 1.91. The first-order valence-corrected chi connectivity index (χ1v) is 6.68. The number of nitrogens with zero attached hydrogens (tertiary/aromatic N) is 2. The number of benzene rings is 1. The van der Waals surface area contributed by atoms with Crippen molar-refractivity contribution in [2.75, 3.05) is 12.8 Å². The van der Waals surface area contributed by atoms with Gasteiger partial charge < -0.3 is 15.0 Å². The molecular weight excluding hydrogens is 254 g/mol. The molecule has 1 aliphatic heterocycles. The van der Waals surface area contributed by atoms with Gasteiger partial charge in [-0.25, -0.2) is 4.98 Å². The number of anilines is 1. The summed E-state index contributed by atoms with van der Waals surface area (Å²) in [5.41, 5.74) is 8.50. The topological polar surface area (TPSA) is 70.1 Å². The third-order valence-corrected chi connectivity index (χ3v) is 3.78. The molecule has 0 amide bonds. The van der Waals surface area contributed by atoms with Crippen molar-refractivity contribution < 1.29 is 9.53 Å². The van der Waals surface area contributed by atoms with Gasteiger partial charge in [0.25, 0.3) is 0 Å². The molecule has 5 nitrogen and oxygen atoms in total. The molecule has 104 valence electrons. The van der Waals surface area contributed by atoms with E-state index >= 15 is 0 Å². The maximum atomic E-state index is 11.6. The first-order valence-electron chi connectivity index (χ1n) is 6.68. The number of carbonyl (C=O) groups is 1. The SMILES string of the molecule is COC(=O)C1CCn2cc(-c3ccccc3N)nc2C1. The Labute approximate surface area is 117 Å². The molecule has 0 saturated heterocycles. The minimum Gasteiger partial charge on any atom is -0.469 e. The van der Waals surface area contributed by atoms with Crippen molar-refractivity contribution >= 4 is 11.7 Å². The minimum atomic E-state index is -0.153. The van der Waals surface area contributed by atoms with E-state index in [4.69, 9.17) is 10.5 Å². The Morgan fingerprint density at radius 2 is 2.25 bits per heavy atom. The number of rotatable bonds is 2. The minimum absolute atomic E-state index is 0.0872. The van der Waals surface area contributed by atoms with Gasteiger partial charge in [-0.2, -0.15) is 0 Å². The lowest BCUT2D eigenvalue weighted by Crippen LogP contribution is -2.26. The zero-order valence-corrected chi connectivity index (χ0v) is 11.4. The van der Waals surface area contributed by atoms with Crippen molar-refractivity contribution in [3.8, 4) is 11.3 Å². The lowest BCUT2D eigenvalue weighted by molar-refractivity contribution is -0.146. The summed E-state index contributed by atoms with van der Waals surface area (Å²) in [6, 6.07) is 7.68. The molecule has 0 aliphatic carbocycles. The van der Waals surface area contributed by atoms with E-state index in [1.165, 1.54) is 7.11 Å². The lowest BCUT2D eigenvalue weighted by Gasteiger charge is -2.20. The fraction of sp³-hybridized carbons (Fsp3) is 0.333. The summed E-state index contributed by atoms with van der Waals surface area (Å²) < 4.78 is 6.92. The molecule has 5 heteroatoms. The summed E-state index contributed by atoms with van der Waals surface area (Å²) in [7, 11) is 1.43. The smallest absolute Gasteiger partial charge is 0.309 e. The molecule has 0 radical (unpaired) electrons. The number of para-hydroxylation sites is 1. The van der Waals surface area contributed by atoms with Crippen LogP contribution in [0.25, 0.3) is 11.3 Å². The van der Waals surface area contributed by atoms with E-state index in [2.05, 4.69) is 9.55 Å². The van der Waals surface area contributed by atoms with Crippen LogP contribution in [-0.2, 0) is 22.5 Å². The number of fused-ring (bicyclic) bond motifs is 1. The molecule has 0 fully saturated rings. The molecule has 0 bridgehead atoms. The van der Waals surface area contributed by atoms with Crippen LogP contribution in [0.2, 0.25) is 0 Å². The van der Waals surface area contributed by atoms with Gasteiger partial charge in [0.1, 0.15) is 5.82 Å². The number of aryl methyl sites for hydroxylation is 1. The standard InChI is InChI=1S/C15H17N3O2/c1-20-15(19)10-6-7-18-9-13(17-14(18)8-10)11-4-2-3-5-12(11)16/h2-5,9-10H,6-8,16H2,1H3. The van der Waals surface area contributed by atoms with E-state index in [0.29, 0.717) is 12.1 Å². The number of methoxy groups -OCH3 is 1. The third kappa shape index (κ3) is 2.15. The highest BCUT2D eigenvalue weighted by atomic mass is 16.5. The molecule has 2 N–H and O–H groups in total. The molecule has 0 saturated carbocycles. The molecule has 1 aliphatic rings. The van der Waals surface area contributed by atoms with Crippen LogP contribution in [0.1, 0.15) is 12.2 Å². The number of imidazole rings is 1. The van der Waals surface area contributed by atoms with Gasteiger partial charge >= 0.3 is 5.97 Å². The fourth-order valence-electron chi connectivity index (χ4n) is 2.66. The molecule has 1 aromatic carbocycles. The van der Waals surface area contributed by atoms with Gasteiger partial charge in [0.05, 0.1) is 18.7 Å². The normalized spacial score (nSPS) is 17.6. The first kappa shape index (κ1) is 12.7. The Morgan fingerprint density at radius 1 is 1.45 bits per heavy atom. The number of carbonyl (C=O) groups excluding carboxylic acids is 1. The molecule has 3 rings (SSSR count). The number of hydrogen-bond acceptors (Lipinski definition) is 4. The van der Waals surface area contributed by atoms with E-state index < -0.39 is 0 Å². The van der Waals surface area contributed by atoms with Gasteiger partial charge in [-0.05, 0) is 12.5 Å². The fourth-order valence-corrected chi connectivity index (χ4v) is 2.66. The van der Waals surface area contributed by atoms with E-state index in [1.54, 1.807) is 0 Å². The summed E-state index contributed by atoms with van der Waals surface area (Å²) in [5, 5.41) is 0. The molecule has 2 heterocycles. The van der Waals surface area contributed by atoms with Gasteiger partial charge in [0.15, 0.2) is 0 Å². The zero-order chi connectivity index (χ0) is 14.1. The molecule has 1 unspecified atom stereocenters. The third-order valence-electron chi connectivity index (χ3n) is 3.78. The molecule has 1 atom stereocenters. The van der Waals surface area contributed by atoms with Crippen molar-refractivity contribution in [3.63, 3.8) is 0 Å². The van der Waals surface area contributed by atoms with Crippen LogP contribution in [0.4, 0.5) is 5.69 Å². The molecule has 0 spiro atoms. The average molecular weight is 271 g/mol. The van der Waals surface area contributed by atoms with Gasteiger partial charge in [-0.1, -0.05) is 18.2 Å². The van der Waals surface area contributed by atoms with Crippen molar-refractivity contribution in [1.29, 1.82) is 0 Å². The number of nitrogen functional groups attached to an aromatic ring is 1. The van der Waals surface area contributed by atoms with Crippen LogP contribution >= 0.6 is 0 Å². The highest BCUT2D eigenvalue weighted by molar-refractivity contribution is 5.74. The second kappa shape index (κ2) is 5.00. The van der Waals surface area contributed by atoms with E-state index in [9.17, 15) is 4.79 Å². The van der Waals surface area contributed by atoms with Crippen LogP contribution in [0.15, 0.2) is 30.5 Å². The number of esters is 1. The zero-order valence-electron chi connectivity index (χ0n) is 11.4. The summed E-state index contributed by atoms with van der Waals surface area (Å²) in [6.07, 6.45) is 3.42. The lowest BCUT2D eigenvalue weighted by atomic mass is 9.98. The van der Waals surface area contributed by atoms with Gasteiger partial charge in [0, 0.05) is 30.4 Å². The second-order valence-corrected chi connectivity index (χ2v) is 5.04. The monoisotopic (exact) mass is 271 g/mol. The Kier molecular flexibility index (Phi) is 3.18. The predicted molar refractivity (Wildman–Crippen MR) is 75.9 cm³/mol. The van der Waals surface area contributed by atoms with Gasteiger partial charge in [0.2, 0.25) is 0 Å². The summed E-state index contributed by atoms with van der Waals surface area (Å²) in [4.78, 5) is 16.3. The highest BCUT2D eigenvalue weighted by Crippen LogP contribution is 2.28. The second-order valence-electron chi connectivity index (χ2n) is 5.04. The summed E-state index contributed by atoms with van der Waals surface area (Å²) >= 11 is 0. The van der Waals surface area contributed by atoms with E-state index in [1.807, 2.05) is 30.5 Å². The van der Waals surface area contributed by atoms with Gasteiger partial charge in [-0.15, -0.1) is 0 Å². The largest absolute Gasteiger partial charge is 0.469 e. The predicted octanol–water partition coefficient (Wildman–Crippen LogP) is 1.87. The quantitative estimate of drug-likeness (QED) is 0.668. The number of nitrogens with two attached hydrogens (primary N) is 1. The van der Waals surface area contributed by atoms with Crippen LogP contribution in [-0.4, -0.2) is 22.6 Å². The first-order chi connectivity index (χ1) is 9.69. The van der Waals surface area contributed by atoms with Crippen molar-refractivity contribution in [3.05, 3.63) is 36.3 Å². The van der Waals surface area contributed by atoms with Gasteiger partial charge in [-0.3, -0.25) is 4.79 Å². The maximum absolute atomic E-state index is 11.6. The molecule has 2 aromatic rings. The molecular formula is C15H17N3O2. The average Bonchev–Trinajstić information content (AvgIpc) is 2.89.